The van der Waals surface area contributed by atoms with Gasteiger partial charge in [0.15, 0.2) is 9.84 Å². The van der Waals surface area contributed by atoms with Crippen molar-refractivity contribution < 1.29 is 22.5 Å². The van der Waals surface area contributed by atoms with Crippen molar-refractivity contribution in [3.63, 3.8) is 0 Å². The van der Waals surface area contributed by atoms with Gasteiger partial charge >= 0.3 is 5.97 Å². The Labute approximate surface area is 125 Å². The summed E-state index contributed by atoms with van der Waals surface area (Å²) in [5.41, 5.74) is 0.338. The molecule has 114 valence electrons. The second-order valence-corrected chi connectivity index (χ2v) is 9.05. The predicted molar refractivity (Wildman–Crippen MR) is 77.9 cm³/mol. The van der Waals surface area contributed by atoms with Crippen LogP contribution in [0.15, 0.2) is 29.2 Å². The normalized spacial score (nSPS) is 13.4. The highest BCUT2D eigenvalue weighted by Crippen LogP contribution is 2.17. The minimum absolute atomic E-state index is 0.0200. The molecule has 0 aromatic heterocycles. The van der Waals surface area contributed by atoms with E-state index in [2.05, 4.69) is 0 Å². The fraction of sp³-hybridized carbons (Fsp3) is 0.385. The SMILES string of the molecule is CC(C)(C(=O)O)S(=O)CCS(=O)(=O)c1ccc(C#N)cc1. The number of sulfone groups is 1. The Kier molecular flexibility index (Phi) is 5.25. The number of hydrogen-bond donors (Lipinski definition) is 1. The minimum atomic E-state index is -3.66. The van der Waals surface area contributed by atoms with E-state index >= 15 is 0 Å². The molecule has 8 heteroatoms. The lowest BCUT2D eigenvalue weighted by Crippen LogP contribution is -2.38. The first-order valence-corrected chi connectivity index (χ1v) is 8.93. The van der Waals surface area contributed by atoms with Crippen LogP contribution in [-0.4, -0.2) is 40.0 Å². The quantitative estimate of drug-likeness (QED) is 0.831. The summed E-state index contributed by atoms with van der Waals surface area (Å²) in [4.78, 5) is 11.0. The molecule has 0 fully saturated rings. The van der Waals surface area contributed by atoms with Crippen LogP contribution in [0, 0.1) is 11.3 Å². The van der Waals surface area contributed by atoms with Crippen LogP contribution in [0.5, 0.6) is 0 Å². The molecule has 1 N–H and O–H groups in total. The average Bonchev–Trinajstić information content (AvgIpc) is 2.44. The van der Waals surface area contributed by atoms with Crippen LogP contribution >= 0.6 is 0 Å². The lowest BCUT2D eigenvalue weighted by atomic mass is 10.2. The van der Waals surface area contributed by atoms with Crippen LogP contribution in [0.25, 0.3) is 0 Å². The summed E-state index contributed by atoms with van der Waals surface area (Å²) in [6.45, 7) is 2.58. The van der Waals surface area contributed by atoms with Crippen LogP contribution < -0.4 is 0 Å². The Balaban J connectivity index is 2.85. The van der Waals surface area contributed by atoms with Gasteiger partial charge in [-0.25, -0.2) is 8.42 Å². The van der Waals surface area contributed by atoms with Gasteiger partial charge in [0.25, 0.3) is 0 Å². The monoisotopic (exact) mass is 329 g/mol. The van der Waals surface area contributed by atoms with Gasteiger partial charge in [0.1, 0.15) is 4.75 Å². The summed E-state index contributed by atoms with van der Waals surface area (Å²) >= 11 is 0. The van der Waals surface area contributed by atoms with Crippen LogP contribution in [0.1, 0.15) is 19.4 Å². The topological polar surface area (TPSA) is 112 Å². The second kappa shape index (κ2) is 6.37. The molecule has 0 aliphatic rings. The van der Waals surface area contributed by atoms with Crippen molar-refractivity contribution in [3.05, 3.63) is 29.8 Å². The van der Waals surface area contributed by atoms with Crippen LogP contribution in [0.3, 0.4) is 0 Å². The molecule has 0 spiro atoms. The summed E-state index contributed by atoms with van der Waals surface area (Å²) in [7, 11) is -5.48. The Bertz CT molecular complexity index is 699. The Morgan fingerprint density at radius 1 is 1.33 bits per heavy atom. The number of benzene rings is 1. The van der Waals surface area contributed by atoms with E-state index in [-0.39, 0.29) is 10.6 Å². The number of nitrogens with zero attached hydrogens (tertiary/aromatic N) is 1. The van der Waals surface area contributed by atoms with Gasteiger partial charge in [-0.05, 0) is 38.1 Å². The molecule has 1 aromatic rings. The van der Waals surface area contributed by atoms with Gasteiger partial charge in [-0.2, -0.15) is 5.26 Å². The zero-order chi connectivity index (χ0) is 16.3. The molecule has 0 saturated carbocycles. The molecule has 1 rings (SSSR count). The highest BCUT2D eigenvalue weighted by atomic mass is 32.2. The van der Waals surface area contributed by atoms with E-state index in [0.29, 0.717) is 5.56 Å². The minimum Gasteiger partial charge on any atom is -0.480 e. The molecule has 1 atom stereocenters. The average molecular weight is 329 g/mol. The largest absolute Gasteiger partial charge is 0.480 e. The molecular formula is C13H15NO5S2. The maximum atomic E-state index is 12.1. The molecule has 0 aliphatic carbocycles. The molecule has 0 saturated heterocycles. The maximum absolute atomic E-state index is 12.1. The number of aliphatic carboxylic acids is 1. The van der Waals surface area contributed by atoms with Crippen molar-refractivity contribution in [3.8, 4) is 6.07 Å². The highest BCUT2D eigenvalue weighted by Gasteiger charge is 2.35. The number of carboxylic acids is 1. The lowest BCUT2D eigenvalue weighted by molar-refractivity contribution is -0.139. The molecule has 1 aromatic carbocycles. The smallest absolute Gasteiger partial charge is 0.321 e. The second-order valence-electron chi connectivity index (χ2n) is 4.82. The molecule has 1 unspecified atom stereocenters. The number of nitriles is 1. The standard InChI is InChI=1S/C13H15NO5S2/c1-13(2,12(15)16)20(17)7-8-21(18,19)11-5-3-10(9-14)4-6-11/h3-6H,7-8H2,1-2H3,(H,15,16). The van der Waals surface area contributed by atoms with Crippen LogP contribution in [0.2, 0.25) is 0 Å². The number of rotatable bonds is 6. The molecule has 0 radical (unpaired) electrons. The van der Waals surface area contributed by atoms with Gasteiger partial charge in [0, 0.05) is 16.6 Å². The van der Waals surface area contributed by atoms with Gasteiger partial charge in [0.05, 0.1) is 22.3 Å². The number of carboxylic acid groups (broad SMARTS) is 1. The van der Waals surface area contributed by atoms with Gasteiger partial charge < -0.3 is 5.11 Å². The summed E-state index contributed by atoms with van der Waals surface area (Å²) in [6.07, 6.45) is 0. The third kappa shape index (κ3) is 4.12. The van der Waals surface area contributed by atoms with Crippen molar-refractivity contribution in [2.75, 3.05) is 11.5 Å². The summed E-state index contributed by atoms with van der Waals surface area (Å²) in [5.74, 6) is -1.92. The molecule has 21 heavy (non-hydrogen) atoms. The fourth-order valence-corrected chi connectivity index (χ4v) is 4.37. The molecule has 6 nitrogen and oxygen atoms in total. The molecular weight excluding hydrogens is 314 g/mol. The number of carbonyl (C=O) groups is 1. The summed E-state index contributed by atoms with van der Waals surface area (Å²) < 4.78 is 34.5. The first-order chi connectivity index (χ1) is 9.61. The van der Waals surface area contributed by atoms with E-state index in [9.17, 15) is 17.4 Å². The van der Waals surface area contributed by atoms with E-state index in [1.165, 1.54) is 38.1 Å². The lowest BCUT2D eigenvalue weighted by Gasteiger charge is -2.18. The Hall–Kier alpha value is -1.72. The number of hydrogen-bond acceptors (Lipinski definition) is 5. The van der Waals surface area contributed by atoms with Gasteiger partial charge in [-0.15, -0.1) is 0 Å². The van der Waals surface area contributed by atoms with E-state index < -0.39 is 37.1 Å². The molecule has 0 aliphatic heterocycles. The van der Waals surface area contributed by atoms with Crippen molar-refractivity contribution in [2.45, 2.75) is 23.5 Å². The van der Waals surface area contributed by atoms with Crippen molar-refractivity contribution in [1.29, 1.82) is 5.26 Å². The summed E-state index contributed by atoms with van der Waals surface area (Å²) in [6, 6.07) is 7.25. The summed E-state index contributed by atoms with van der Waals surface area (Å²) in [5, 5.41) is 17.6. The molecule has 0 amide bonds. The van der Waals surface area contributed by atoms with E-state index in [1.54, 1.807) is 0 Å². The van der Waals surface area contributed by atoms with E-state index in [1.807, 2.05) is 6.07 Å². The van der Waals surface area contributed by atoms with Crippen molar-refractivity contribution >= 4 is 26.6 Å². The first-order valence-electron chi connectivity index (χ1n) is 5.96. The Morgan fingerprint density at radius 2 is 1.86 bits per heavy atom. The van der Waals surface area contributed by atoms with Crippen LogP contribution in [0.4, 0.5) is 0 Å². The molecule has 0 heterocycles. The zero-order valence-corrected chi connectivity index (χ0v) is 13.2. The van der Waals surface area contributed by atoms with Crippen molar-refractivity contribution in [2.24, 2.45) is 0 Å². The van der Waals surface area contributed by atoms with Crippen LogP contribution in [-0.2, 0) is 25.4 Å². The highest BCUT2D eigenvalue weighted by molar-refractivity contribution is 7.93. The van der Waals surface area contributed by atoms with Crippen molar-refractivity contribution in [1.82, 2.24) is 0 Å². The predicted octanol–water partition coefficient (Wildman–Crippen LogP) is 0.944. The first kappa shape index (κ1) is 17.3. The third-order valence-electron chi connectivity index (χ3n) is 2.96. The van der Waals surface area contributed by atoms with E-state index in [4.69, 9.17) is 10.4 Å². The van der Waals surface area contributed by atoms with Gasteiger partial charge in [0.2, 0.25) is 0 Å². The Morgan fingerprint density at radius 3 is 2.29 bits per heavy atom. The van der Waals surface area contributed by atoms with Gasteiger partial charge in [-0.1, -0.05) is 0 Å². The van der Waals surface area contributed by atoms with Gasteiger partial charge in [-0.3, -0.25) is 9.00 Å². The molecule has 0 bridgehead atoms. The maximum Gasteiger partial charge on any atom is 0.321 e. The zero-order valence-electron chi connectivity index (χ0n) is 11.6. The third-order valence-corrected chi connectivity index (χ3v) is 6.84. The van der Waals surface area contributed by atoms with E-state index in [0.717, 1.165) is 0 Å². The fourth-order valence-electron chi connectivity index (χ4n) is 1.39.